The lowest BCUT2D eigenvalue weighted by Gasteiger charge is -2.34. The second-order valence-corrected chi connectivity index (χ2v) is 7.96. The van der Waals surface area contributed by atoms with E-state index in [1.807, 2.05) is 24.3 Å². The molecule has 5 nitrogen and oxygen atoms in total. The second kappa shape index (κ2) is 8.31. The third kappa shape index (κ3) is 4.33. The van der Waals surface area contributed by atoms with E-state index in [1.165, 1.54) is 58.2 Å². The fourth-order valence-electron chi connectivity index (χ4n) is 4.43. The maximum absolute atomic E-state index is 12.2. The number of nitrogens with one attached hydrogen (secondary N) is 1. The highest BCUT2D eigenvalue weighted by Gasteiger charge is 2.22. The van der Waals surface area contributed by atoms with Gasteiger partial charge in [-0.3, -0.25) is 9.69 Å². The van der Waals surface area contributed by atoms with E-state index in [-0.39, 0.29) is 5.56 Å². The van der Waals surface area contributed by atoms with E-state index in [4.69, 9.17) is 0 Å². The molecule has 0 amide bonds. The first-order chi connectivity index (χ1) is 12.8. The van der Waals surface area contributed by atoms with Crippen molar-refractivity contribution in [3.05, 3.63) is 40.4 Å². The van der Waals surface area contributed by atoms with Crippen LogP contribution in [0.5, 0.6) is 0 Å². The van der Waals surface area contributed by atoms with Crippen molar-refractivity contribution in [2.24, 2.45) is 5.92 Å². The summed E-state index contributed by atoms with van der Waals surface area (Å²) in [5.41, 5.74) is 0.768. The lowest BCUT2D eigenvalue weighted by atomic mass is 9.96. The predicted molar refractivity (Wildman–Crippen MR) is 105 cm³/mol. The Morgan fingerprint density at radius 3 is 2.46 bits per heavy atom. The maximum Gasteiger partial charge on any atom is 0.258 e. The number of fused-ring (bicyclic) bond motifs is 1. The van der Waals surface area contributed by atoms with E-state index in [9.17, 15) is 4.79 Å². The Morgan fingerprint density at radius 2 is 1.69 bits per heavy atom. The van der Waals surface area contributed by atoms with Crippen LogP contribution in [0.3, 0.4) is 0 Å². The summed E-state index contributed by atoms with van der Waals surface area (Å²) >= 11 is 0. The summed E-state index contributed by atoms with van der Waals surface area (Å²) < 4.78 is 0. The molecular weight excluding hydrogens is 324 g/mol. The third-order valence-corrected chi connectivity index (χ3v) is 5.96. The van der Waals surface area contributed by atoms with Gasteiger partial charge in [-0.1, -0.05) is 25.0 Å². The van der Waals surface area contributed by atoms with Gasteiger partial charge in [-0.05, 0) is 69.9 Å². The summed E-state index contributed by atoms with van der Waals surface area (Å²) in [7, 11) is 0. The molecule has 0 spiro atoms. The molecule has 0 unspecified atom stereocenters. The molecule has 0 radical (unpaired) electrons. The molecule has 0 saturated carbocycles. The van der Waals surface area contributed by atoms with Gasteiger partial charge in [0.05, 0.1) is 17.4 Å². The number of benzene rings is 1. The van der Waals surface area contributed by atoms with Crippen LogP contribution >= 0.6 is 0 Å². The highest BCUT2D eigenvalue weighted by Crippen LogP contribution is 2.21. The molecule has 2 fully saturated rings. The van der Waals surface area contributed by atoms with Crippen molar-refractivity contribution in [3.8, 4) is 0 Å². The Morgan fingerprint density at radius 1 is 0.962 bits per heavy atom. The number of piperidine rings is 1. The molecule has 0 atom stereocenters. The maximum atomic E-state index is 12.2. The van der Waals surface area contributed by atoms with E-state index >= 15 is 0 Å². The van der Waals surface area contributed by atoms with Gasteiger partial charge >= 0.3 is 0 Å². The molecule has 4 rings (SSSR count). The smallest absolute Gasteiger partial charge is 0.258 e. The molecular formula is C21H30N4O. The Labute approximate surface area is 155 Å². The van der Waals surface area contributed by atoms with Crippen LogP contribution in [0.15, 0.2) is 29.1 Å². The van der Waals surface area contributed by atoms with E-state index in [0.717, 1.165) is 36.9 Å². The van der Waals surface area contributed by atoms with Crippen molar-refractivity contribution in [2.75, 3.05) is 32.7 Å². The van der Waals surface area contributed by atoms with Gasteiger partial charge in [0.1, 0.15) is 5.82 Å². The molecule has 1 aromatic carbocycles. The monoisotopic (exact) mass is 354 g/mol. The minimum absolute atomic E-state index is 0.0263. The minimum atomic E-state index is -0.0263. The molecule has 2 saturated heterocycles. The van der Waals surface area contributed by atoms with Gasteiger partial charge in [0.15, 0.2) is 0 Å². The van der Waals surface area contributed by atoms with E-state index in [2.05, 4.69) is 19.8 Å². The number of nitrogens with zero attached hydrogens (tertiary/aromatic N) is 3. The summed E-state index contributed by atoms with van der Waals surface area (Å²) in [4.78, 5) is 25.0. The first-order valence-electron chi connectivity index (χ1n) is 10.2. The molecule has 140 valence electrons. The number of H-pyrrole nitrogens is 1. The van der Waals surface area contributed by atoms with Crippen LogP contribution in [0, 0.1) is 5.92 Å². The molecule has 1 aromatic heterocycles. The Hall–Kier alpha value is -1.72. The summed E-state index contributed by atoms with van der Waals surface area (Å²) in [5.74, 6) is 1.62. The zero-order chi connectivity index (χ0) is 17.8. The summed E-state index contributed by atoms with van der Waals surface area (Å²) in [6.07, 6.45) is 8.08. The van der Waals surface area contributed by atoms with E-state index in [0.29, 0.717) is 5.39 Å². The summed E-state index contributed by atoms with van der Waals surface area (Å²) in [5, 5.41) is 0.674. The van der Waals surface area contributed by atoms with E-state index < -0.39 is 0 Å². The lowest BCUT2D eigenvalue weighted by Crippen LogP contribution is -2.39. The molecule has 2 aromatic rings. The van der Waals surface area contributed by atoms with Crippen LogP contribution in [-0.2, 0) is 6.54 Å². The second-order valence-electron chi connectivity index (χ2n) is 7.96. The molecule has 0 bridgehead atoms. The standard InChI is InChI=1S/C21H30N4O/c26-21-18-7-3-4-8-19(18)22-20(23-21)16-25-13-9-17(10-14-25)15-24-11-5-1-2-6-12-24/h3-4,7-8,17H,1-2,5-6,9-16H2,(H,22,23,26). The van der Waals surface area contributed by atoms with Crippen molar-refractivity contribution in [1.82, 2.24) is 19.8 Å². The van der Waals surface area contributed by atoms with Crippen molar-refractivity contribution in [1.29, 1.82) is 0 Å². The van der Waals surface area contributed by atoms with Gasteiger partial charge in [0.25, 0.3) is 5.56 Å². The number of aromatic nitrogens is 2. The summed E-state index contributed by atoms with van der Waals surface area (Å²) in [6.45, 7) is 6.82. The zero-order valence-corrected chi connectivity index (χ0v) is 15.6. The van der Waals surface area contributed by atoms with Crippen LogP contribution in [0.2, 0.25) is 0 Å². The molecule has 0 aliphatic carbocycles. The van der Waals surface area contributed by atoms with Crippen molar-refractivity contribution < 1.29 is 0 Å². The average molecular weight is 354 g/mol. The normalized spacial score (nSPS) is 21.1. The quantitative estimate of drug-likeness (QED) is 0.917. The lowest BCUT2D eigenvalue weighted by molar-refractivity contribution is 0.138. The first kappa shape index (κ1) is 17.7. The van der Waals surface area contributed by atoms with Gasteiger partial charge in [-0.2, -0.15) is 0 Å². The predicted octanol–water partition coefficient (Wildman–Crippen LogP) is 3.01. The molecule has 2 aliphatic heterocycles. The van der Waals surface area contributed by atoms with Crippen LogP contribution in [0.1, 0.15) is 44.3 Å². The first-order valence-corrected chi connectivity index (χ1v) is 10.2. The van der Waals surface area contributed by atoms with E-state index in [1.54, 1.807) is 0 Å². The van der Waals surface area contributed by atoms with Crippen LogP contribution < -0.4 is 5.56 Å². The van der Waals surface area contributed by atoms with Gasteiger partial charge in [-0.15, -0.1) is 0 Å². The molecule has 26 heavy (non-hydrogen) atoms. The third-order valence-electron chi connectivity index (χ3n) is 5.96. The van der Waals surface area contributed by atoms with Gasteiger partial charge in [0, 0.05) is 6.54 Å². The van der Waals surface area contributed by atoms with Crippen LogP contribution in [0.25, 0.3) is 10.9 Å². The van der Waals surface area contributed by atoms with Crippen molar-refractivity contribution >= 4 is 10.9 Å². The Bertz CT molecular complexity index is 771. The fourth-order valence-corrected chi connectivity index (χ4v) is 4.43. The zero-order valence-electron chi connectivity index (χ0n) is 15.6. The Balaban J connectivity index is 1.32. The molecule has 1 N–H and O–H groups in total. The summed E-state index contributed by atoms with van der Waals surface area (Å²) in [6, 6.07) is 7.57. The van der Waals surface area contributed by atoms with Gasteiger partial charge in [0.2, 0.25) is 0 Å². The Kier molecular flexibility index (Phi) is 5.65. The number of aromatic amines is 1. The van der Waals surface area contributed by atoms with Crippen LogP contribution in [0.4, 0.5) is 0 Å². The van der Waals surface area contributed by atoms with Crippen molar-refractivity contribution in [2.45, 2.75) is 45.1 Å². The number of rotatable bonds is 4. The van der Waals surface area contributed by atoms with Crippen LogP contribution in [-0.4, -0.2) is 52.5 Å². The highest BCUT2D eigenvalue weighted by atomic mass is 16.1. The number of para-hydroxylation sites is 1. The molecule has 5 heteroatoms. The number of hydrogen-bond donors (Lipinski definition) is 1. The average Bonchev–Trinajstić information content (AvgIpc) is 2.92. The topological polar surface area (TPSA) is 52.2 Å². The fraction of sp³-hybridized carbons (Fsp3) is 0.619. The van der Waals surface area contributed by atoms with Gasteiger partial charge < -0.3 is 9.88 Å². The molecule has 2 aliphatic rings. The van der Waals surface area contributed by atoms with Gasteiger partial charge in [-0.25, -0.2) is 4.98 Å². The number of hydrogen-bond acceptors (Lipinski definition) is 4. The number of likely N-dealkylation sites (tertiary alicyclic amines) is 2. The SMILES string of the molecule is O=c1[nH]c(CN2CCC(CN3CCCCCC3)CC2)nc2ccccc12. The molecule has 3 heterocycles. The highest BCUT2D eigenvalue weighted by molar-refractivity contribution is 5.77. The largest absolute Gasteiger partial charge is 0.309 e. The van der Waals surface area contributed by atoms with Crippen molar-refractivity contribution in [3.63, 3.8) is 0 Å². The minimum Gasteiger partial charge on any atom is -0.309 e.